The van der Waals surface area contributed by atoms with Gasteiger partial charge in [0.2, 0.25) is 11.7 Å². The summed E-state index contributed by atoms with van der Waals surface area (Å²) in [5, 5.41) is 9.09. The average molecular weight is 315 g/mol. The first-order valence-electron chi connectivity index (χ1n) is 7.24. The number of cyclic esters (lactones) is 1. The molecule has 1 aromatic carbocycles. The van der Waals surface area contributed by atoms with E-state index in [1.807, 2.05) is 0 Å². The summed E-state index contributed by atoms with van der Waals surface area (Å²) in [6.07, 6.45) is 0.00731. The van der Waals surface area contributed by atoms with Crippen LogP contribution in [-0.2, 0) is 19.1 Å². The predicted molar refractivity (Wildman–Crippen MR) is 74.9 cm³/mol. The van der Waals surface area contributed by atoms with Gasteiger partial charge in [-0.3, -0.25) is 14.5 Å². The molecule has 2 saturated heterocycles. The number of amides is 1. The third-order valence-corrected chi connectivity index (χ3v) is 4.28. The zero-order chi connectivity index (χ0) is 16.1. The Labute approximate surface area is 131 Å². The van der Waals surface area contributed by atoms with Crippen molar-refractivity contribution in [3.8, 4) is 0 Å². The second-order valence-corrected chi connectivity index (χ2v) is 5.54. The van der Waals surface area contributed by atoms with Crippen LogP contribution in [0.25, 0.3) is 0 Å². The lowest BCUT2D eigenvalue weighted by Gasteiger charge is -2.34. The summed E-state index contributed by atoms with van der Waals surface area (Å²) in [4.78, 5) is 37.9. The molecule has 7 heteroatoms. The maximum absolute atomic E-state index is 12.9. The lowest BCUT2D eigenvalue weighted by atomic mass is 9.95. The van der Waals surface area contributed by atoms with Crippen molar-refractivity contribution < 1.29 is 29.0 Å². The fourth-order valence-corrected chi connectivity index (χ4v) is 3.20. The molecule has 3 aliphatic rings. The quantitative estimate of drug-likeness (QED) is 0.637. The second-order valence-electron chi connectivity index (χ2n) is 5.54. The van der Waals surface area contributed by atoms with Crippen LogP contribution >= 0.6 is 0 Å². The van der Waals surface area contributed by atoms with Crippen LogP contribution in [0.5, 0.6) is 0 Å². The number of β-lactam (4-membered cyclic amide) rings is 1. The number of fused-ring (bicyclic) bond motifs is 2. The molecule has 1 aromatic rings. The standard InChI is InChI=1S/C16H13NO6/c18-6-5-10-13(17-11(19)7-12(17)22-10)14(20)15-8-3-1-2-4-9(8)16(21)23-15/h1-5,12-13,15,18H,6-7H2/b10-5-. The Balaban J connectivity index is 1.70. The molecule has 0 bridgehead atoms. The summed E-state index contributed by atoms with van der Waals surface area (Å²) in [5.41, 5.74) is 0.839. The molecule has 0 spiro atoms. The zero-order valence-electron chi connectivity index (χ0n) is 12.0. The Morgan fingerprint density at radius 1 is 1.30 bits per heavy atom. The first kappa shape index (κ1) is 14.0. The number of ketones is 1. The minimum Gasteiger partial charge on any atom is -0.472 e. The maximum atomic E-state index is 12.9. The average Bonchev–Trinajstić information content (AvgIpc) is 3.03. The molecular formula is C16H13NO6. The SMILES string of the molecule is O=C1OC(C(=O)C2/C(=C/CO)OC3CC(=O)N32)c2ccccc21. The molecule has 2 fully saturated rings. The predicted octanol–water partition coefficient (Wildman–Crippen LogP) is 0.301. The van der Waals surface area contributed by atoms with E-state index in [1.165, 1.54) is 11.0 Å². The molecule has 0 aromatic heterocycles. The molecule has 3 unspecified atom stereocenters. The summed E-state index contributed by atoms with van der Waals surface area (Å²) in [5.74, 6) is -0.975. The molecule has 3 aliphatic heterocycles. The third-order valence-electron chi connectivity index (χ3n) is 4.28. The van der Waals surface area contributed by atoms with Gasteiger partial charge in [-0.15, -0.1) is 0 Å². The first-order chi connectivity index (χ1) is 11.1. The van der Waals surface area contributed by atoms with Gasteiger partial charge in [0.05, 0.1) is 18.6 Å². The smallest absolute Gasteiger partial charge is 0.339 e. The summed E-state index contributed by atoms with van der Waals surface area (Å²) >= 11 is 0. The molecule has 0 saturated carbocycles. The van der Waals surface area contributed by atoms with Crippen molar-refractivity contribution in [3.05, 3.63) is 47.2 Å². The maximum Gasteiger partial charge on any atom is 0.339 e. The normalized spacial score (nSPS) is 29.7. The van der Waals surface area contributed by atoms with Gasteiger partial charge in [-0.05, 0) is 12.1 Å². The number of esters is 1. The summed E-state index contributed by atoms with van der Waals surface area (Å²) in [7, 11) is 0. The lowest BCUT2D eigenvalue weighted by Crippen LogP contribution is -2.55. The van der Waals surface area contributed by atoms with Crippen molar-refractivity contribution in [2.24, 2.45) is 0 Å². The lowest BCUT2D eigenvalue weighted by molar-refractivity contribution is -0.160. The van der Waals surface area contributed by atoms with Crippen molar-refractivity contribution >= 4 is 17.7 Å². The van der Waals surface area contributed by atoms with Gasteiger partial charge in [0.25, 0.3) is 0 Å². The Kier molecular flexibility index (Phi) is 2.99. The summed E-state index contributed by atoms with van der Waals surface area (Å²) in [6.45, 7) is -0.311. The molecule has 118 valence electrons. The Morgan fingerprint density at radius 2 is 2.09 bits per heavy atom. The van der Waals surface area contributed by atoms with E-state index in [1.54, 1.807) is 24.3 Å². The minimum atomic E-state index is -1.07. The van der Waals surface area contributed by atoms with Gasteiger partial charge in [-0.2, -0.15) is 0 Å². The van der Waals surface area contributed by atoms with Gasteiger partial charge in [-0.25, -0.2) is 4.79 Å². The number of carbonyl (C=O) groups is 3. The molecule has 4 rings (SSSR count). The van der Waals surface area contributed by atoms with E-state index in [2.05, 4.69) is 0 Å². The number of aliphatic hydroxyl groups is 1. The molecular weight excluding hydrogens is 302 g/mol. The number of Topliss-reactive ketones (excluding diaryl/α,β-unsaturated/α-hetero) is 1. The van der Waals surface area contributed by atoms with E-state index in [9.17, 15) is 14.4 Å². The van der Waals surface area contributed by atoms with E-state index in [-0.39, 0.29) is 24.7 Å². The Hall–Kier alpha value is -2.67. The molecule has 1 amide bonds. The van der Waals surface area contributed by atoms with E-state index < -0.39 is 30.1 Å². The fraction of sp³-hybridized carbons (Fsp3) is 0.312. The van der Waals surface area contributed by atoms with Crippen molar-refractivity contribution in [3.63, 3.8) is 0 Å². The number of hydrogen-bond donors (Lipinski definition) is 1. The third kappa shape index (κ3) is 1.90. The van der Waals surface area contributed by atoms with Crippen molar-refractivity contribution in [2.45, 2.75) is 24.8 Å². The zero-order valence-corrected chi connectivity index (χ0v) is 12.0. The molecule has 0 aliphatic carbocycles. The Bertz CT molecular complexity index is 755. The van der Waals surface area contributed by atoms with Gasteiger partial charge >= 0.3 is 5.97 Å². The van der Waals surface area contributed by atoms with E-state index in [4.69, 9.17) is 14.6 Å². The number of aliphatic hydroxyl groups excluding tert-OH is 1. The monoisotopic (exact) mass is 315 g/mol. The molecule has 7 nitrogen and oxygen atoms in total. The van der Waals surface area contributed by atoms with Gasteiger partial charge < -0.3 is 14.6 Å². The highest BCUT2D eigenvalue weighted by molar-refractivity contribution is 6.04. The summed E-state index contributed by atoms with van der Waals surface area (Å²) < 4.78 is 10.7. The molecule has 23 heavy (non-hydrogen) atoms. The number of rotatable bonds is 3. The first-order valence-corrected chi connectivity index (χ1v) is 7.24. The van der Waals surface area contributed by atoms with E-state index in [0.717, 1.165) is 0 Å². The topological polar surface area (TPSA) is 93.1 Å². The number of nitrogens with zero attached hydrogens (tertiary/aromatic N) is 1. The highest BCUT2D eigenvalue weighted by Crippen LogP contribution is 2.41. The number of hydrogen-bond acceptors (Lipinski definition) is 6. The van der Waals surface area contributed by atoms with Crippen LogP contribution in [0.1, 0.15) is 28.4 Å². The molecule has 1 N–H and O–H groups in total. The highest BCUT2D eigenvalue weighted by Gasteiger charge is 2.55. The van der Waals surface area contributed by atoms with Crippen LogP contribution < -0.4 is 0 Å². The van der Waals surface area contributed by atoms with Crippen molar-refractivity contribution in [2.75, 3.05) is 6.61 Å². The van der Waals surface area contributed by atoms with E-state index in [0.29, 0.717) is 11.1 Å². The van der Waals surface area contributed by atoms with Gasteiger partial charge in [0.1, 0.15) is 5.76 Å². The fourth-order valence-electron chi connectivity index (χ4n) is 3.20. The minimum absolute atomic E-state index is 0.202. The van der Waals surface area contributed by atoms with Crippen molar-refractivity contribution in [1.29, 1.82) is 0 Å². The van der Waals surface area contributed by atoms with Crippen molar-refractivity contribution in [1.82, 2.24) is 4.90 Å². The van der Waals surface area contributed by atoms with Crippen LogP contribution in [-0.4, -0.2) is 46.5 Å². The van der Waals surface area contributed by atoms with Crippen LogP contribution in [0.4, 0.5) is 0 Å². The number of ether oxygens (including phenoxy) is 2. The van der Waals surface area contributed by atoms with Crippen LogP contribution in [0, 0.1) is 0 Å². The molecule has 3 atom stereocenters. The second kappa shape index (κ2) is 4.92. The van der Waals surface area contributed by atoms with Gasteiger partial charge in [-0.1, -0.05) is 18.2 Å². The van der Waals surface area contributed by atoms with Gasteiger partial charge in [0.15, 0.2) is 18.4 Å². The number of carbonyl (C=O) groups excluding carboxylic acids is 3. The van der Waals surface area contributed by atoms with Crippen LogP contribution in [0.15, 0.2) is 36.1 Å². The van der Waals surface area contributed by atoms with Crippen LogP contribution in [0.2, 0.25) is 0 Å². The highest BCUT2D eigenvalue weighted by atomic mass is 16.6. The summed E-state index contributed by atoms with van der Waals surface area (Å²) in [6, 6.07) is 5.70. The number of benzene rings is 1. The van der Waals surface area contributed by atoms with Gasteiger partial charge in [0, 0.05) is 5.56 Å². The largest absolute Gasteiger partial charge is 0.472 e. The molecule has 0 radical (unpaired) electrons. The molecule has 3 heterocycles. The Morgan fingerprint density at radius 3 is 2.83 bits per heavy atom. The van der Waals surface area contributed by atoms with E-state index >= 15 is 0 Å². The van der Waals surface area contributed by atoms with Crippen LogP contribution in [0.3, 0.4) is 0 Å².